The quantitative estimate of drug-likeness (QED) is 0.385. The summed E-state index contributed by atoms with van der Waals surface area (Å²) in [6.07, 6.45) is 5.37. The minimum Gasteiger partial charge on any atom is -0.423 e. The molecule has 0 radical (unpaired) electrons. The molecule has 0 bridgehead atoms. The van der Waals surface area contributed by atoms with Crippen LogP contribution in [-0.2, 0) is 4.84 Å². The fraction of sp³-hybridized carbons (Fsp3) is 0.318. The SMILES string of the molecule is CCCCCC1CC(c2ccc(C(=O)Oc3ccc(C#N)c(F)c3)cc2)=NO1. The Bertz CT molecular complexity index is 916. The summed E-state index contributed by atoms with van der Waals surface area (Å²) in [7, 11) is 0. The van der Waals surface area contributed by atoms with Crippen LogP contribution in [0, 0.1) is 17.1 Å². The number of carbonyl (C=O) groups is 1. The smallest absolute Gasteiger partial charge is 0.343 e. The predicted molar refractivity (Wildman–Crippen MR) is 103 cm³/mol. The van der Waals surface area contributed by atoms with Crippen molar-refractivity contribution in [1.82, 2.24) is 0 Å². The van der Waals surface area contributed by atoms with Crippen molar-refractivity contribution in [3.63, 3.8) is 0 Å². The van der Waals surface area contributed by atoms with Gasteiger partial charge in [-0.2, -0.15) is 5.26 Å². The number of carbonyl (C=O) groups excluding carboxylic acids is 1. The van der Waals surface area contributed by atoms with Gasteiger partial charge in [0.2, 0.25) is 0 Å². The fourth-order valence-electron chi connectivity index (χ4n) is 2.99. The van der Waals surface area contributed by atoms with Crippen LogP contribution < -0.4 is 4.74 Å². The van der Waals surface area contributed by atoms with E-state index in [1.54, 1.807) is 30.3 Å². The number of oxime groups is 1. The summed E-state index contributed by atoms with van der Waals surface area (Å²) >= 11 is 0. The number of hydrogen-bond donors (Lipinski definition) is 0. The molecule has 0 N–H and O–H groups in total. The van der Waals surface area contributed by atoms with Crippen LogP contribution in [0.5, 0.6) is 5.75 Å². The van der Waals surface area contributed by atoms with E-state index < -0.39 is 11.8 Å². The second kappa shape index (κ2) is 9.14. The Hall–Kier alpha value is -3.20. The number of benzene rings is 2. The van der Waals surface area contributed by atoms with E-state index in [0.717, 1.165) is 36.6 Å². The van der Waals surface area contributed by atoms with E-state index in [0.29, 0.717) is 5.56 Å². The van der Waals surface area contributed by atoms with Crippen LogP contribution in [0.3, 0.4) is 0 Å². The first-order valence-corrected chi connectivity index (χ1v) is 9.35. The summed E-state index contributed by atoms with van der Waals surface area (Å²) in [5.74, 6) is -1.28. The van der Waals surface area contributed by atoms with E-state index in [9.17, 15) is 9.18 Å². The Labute approximate surface area is 163 Å². The van der Waals surface area contributed by atoms with Crippen LogP contribution >= 0.6 is 0 Å². The maximum atomic E-state index is 13.6. The van der Waals surface area contributed by atoms with Gasteiger partial charge in [0, 0.05) is 12.5 Å². The van der Waals surface area contributed by atoms with E-state index in [1.165, 1.54) is 25.0 Å². The van der Waals surface area contributed by atoms with Gasteiger partial charge in [0.25, 0.3) is 0 Å². The Balaban J connectivity index is 1.59. The van der Waals surface area contributed by atoms with Crippen LogP contribution in [0.1, 0.15) is 60.5 Å². The summed E-state index contributed by atoms with van der Waals surface area (Å²) < 4.78 is 18.8. The first kappa shape index (κ1) is 19.6. The van der Waals surface area contributed by atoms with Gasteiger partial charge in [-0.1, -0.05) is 37.1 Å². The van der Waals surface area contributed by atoms with E-state index in [2.05, 4.69) is 12.1 Å². The third kappa shape index (κ3) is 4.74. The molecule has 0 amide bonds. The van der Waals surface area contributed by atoms with Crippen molar-refractivity contribution in [2.75, 3.05) is 0 Å². The van der Waals surface area contributed by atoms with Crippen molar-refractivity contribution in [3.05, 3.63) is 65.0 Å². The highest BCUT2D eigenvalue weighted by Crippen LogP contribution is 2.22. The van der Waals surface area contributed by atoms with Gasteiger partial charge in [-0.25, -0.2) is 9.18 Å². The third-order valence-electron chi connectivity index (χ3n) is 4.59. The van der Waals surface area contributed by atoms with Crippen molar-refractivity contribution in [2.45, 2.75) is 45.1 Å². The lowest BCUT2D eigenvalue weighted by Gasteiger charge is -2.07. The number of esters is 1. The summed E-state index contributed by atoms with van der Waals surface area (Å²) in [5, 5.41) is 12.9. The van der Waals surface area contributed by atoms with E-state index >= 15 is 0 Å². The second-order valence-corrected chi connectivity index (χ2v) is 6.69. The van der Waals surface area contributed by atoms with E-state index in [-0.39, 0.29) is 17.4 Å². The highest BCUT2D eigenvalue weighted by atomic mass is 19.1. The zero-order valence-electron chi connectivity index (χ0n) is 15.7. The lowest BCUT2D eigenvalue weighted by atomic mass is 10.0. The molecule has 3 rings (SSSR count). The average molecular weight is 380 g/mol. The van der Waals surface area contributed by atoms with Gasteiger partial charge in [0.1, 0.15) is 23.7 Å². The van der Waals surface area contributed by atoms with Crippen molar-refractivity contribution >= 4 is 11.7 Å². The molecule has 28 heavy (non-hydrogen) atoms. The summed E-state index contributed by atoms with van der Waals surface area (Å²) in [6, 6.07) is 12.3. The molecule has 144 valence electrons. The van der Waals surface area contributed by atoms with Gasteiger partial charge in [-0.15, -0.1) is 0 Å². The number of nitriles is 1. The molecule has 0 fully saturated rings. The molecule has 0 saturated carbocycles. The molecule has 0 saturated heterocycles. The molecule has 5 nitrogen and oxygen atoms in total. The second-order valence-electron chi connectivity index (χ2n) is 6.69. The molecule has 0 aliphatic carbocycles. The number of unbranched alkanes of at least 4 members (excludes halogenated alkanes) is 2. The highest BCUT2D eigenvalue weighted by Gasteiger charge is 2.22. The standard InChI is InChI=1S/C22H21FN2O3/c1-2-3-4-5-19-13-21(25-28-19)15-6-8-16(9-7-15)22(26)27-18-11-10-17(14-24)20(23)12-18/h6-12,19H,2-5,13H2,1H3. The molecule has 1 aliphatic heterocycles. The normalized spacial score (nSPS) is 15.5. The van der Waals surface area contributed by atoms with Gasteiger partial charge in [-0.05, 0) is 42.7 Å². The van der Waals surface area contributed by atoms with Crippen molar-refractivity contribution in [2.24, 2.45) is 5.16 Å². The molecule has 2 aromatic rings. The van der Waals surface area contributed by atoms with Gasteiger partial charge in [0.15, 0.2) is 0 Å². The van der Waals surface area contributed by atoms with Crippen LogP contribution in [0.4, 0.5) is 4.39 Å². The van der Waals surface area contributed by atoms with Crippen LogP contribution in [0.15, 0.2) is 47.6 Å². The molecule has 1 atom stereocenters. The maximum Gasteiger partial charge on any atom is 0.343 e. The predicted octanol–water partition coefficient (Wildman–Crippen LogP) is 4.99. The molecule has 1 heterocycles. The van der Waals surface area contributed by atoms with Crippen LogP contribution in [-0.4, -0.2) is 17.8 Å². The molecule has 0 aromatic heterocycles. The molecule has 2 aromatic carbocycles. The zero-order chi connectivity index (χ0) is 19.9. The van der Waals surface area contributed by atoms with Crippen molar-refractivity contribution in [1.29, 1.82) is 5.26 Å². The first-order chi connectivity index (χ1) is 13.6. The molecular formula is C22H21FN2O3. The number of nitrogens with zero attached hydrogens (tertiary/aromatic N) is 2. The average Bonchev–Trinajstić information content (AvgIpc) is 3.17. The number of rotatable bonds is 7. The minimum atomic E-state index is -0.726. The van der Waals surface area contributed by atoms with E-state index in [1.807, 2.05) is 0 Å². The van der Waals surface area contributed by atoms with Crippen LogP contribution in [0.25, 0.3) is 0 Å². The maximum absolute atomic E-state index is 13.6. The molecular weight excluding hydrogens is 359 g/mol. The Kier molecular flexibility index (Phi) is 6.38. The molecule has 6 heteroatoms. The number of ether oxygens (including phenoxy) is 1. The summed E-state index contributed by atoms with van der Waals surface area (Å²) in [6.45, 7) is 2.17. The van der Waals surface area contributed by atoms with Gasteiger partial charge in [0.05, 0.1) is 16.8 Å². The van der Waals surface area contributed by atoms with Crippen LogP contribution in [0.2, 0.25) is 0 Å². The van der Waals surface area contributed by atoms with Gasteiger partial charge >= 0.3 is 5.97 Å². The fourth-order valence-corrected chi connectivity index (χ4v) is 2.99. The minimum absolute atomic E-state index is 0.0501. The van der Waals surface area contributed by atoms with Crippen molar-refractivity contribution < 1.29 is 18.8 Å². The Morgan fingerprint density at radius 1 is 1.29 bits per heavy atom. The number of hydrogen-bond acceptors (Lipinski definition) is 5. The number of halogens is 1. The molecule has 1 aliphatic rings. The first-order valence-electron chi connectivity index (χ1n) is 9.35. The van der Waals surface area contributed by atoms with E-state index in [4.69, 9.17) is 14.8 Å². The Morgan fingerprint density at radius 2 is 2.07 bits per heavy atom. The molecule has 0 spiro atoms. The lowest BCUT2D eigenvalue weighted by Crippen LogP contribution is -2.10. The summed E-state index contributed by atoms with van der Waals surface area (Å²) in [5.41, 5.74) is 2.01. The molecule has 1 unspecified atom stereocenters. The zero-order valence-corrected chi connectivity index (χ0v) is 15.7. The lowest BCUT2D eigenvalue weighted by molar-refractivity contribution is 0.0734. The Morgan fingerprint density at radius 3 is 2.75 bits per heavy atom. The monoisotopic (exact) mass is 380 g/mol. The van der Waals surface area contributed by atoms with Crippen molar-refractivity contribution in [3.8, 4) is 11.8 Å². The van der Waals surface area contributed by atoms with Gasteiger partial charge in [-0.3, -0.25) is 0 Å². The third-order valence-corrected chi connectivity index (χ3v) is 4.59. The largest absolute Gasteiger partial charge is 0.423 e. The van der Waals surface area contributed by atoms with Gasteiger partial charge < -0.3 is 9.57 Å². The highest BCUT2D eigenvalue weighted by molar-refractivity contribution is 6.02. The summed E-state index contributed by atoms with van der Waals surface area (Å²) in [4.78, 5) is 17.7. The topological polar surface area (TPSA) is 71.7 Å².